The summed E-state index contributed by atoms with van der Waals surface area (Å²) in [5.41, 5.74) is -4.67. The fraction of sp³-hybridized carbons (Fsp3) is 0.500. The van der Waals surface area contributed by atoms with E-state index in [0.717, 1.165) is 12.3 Å². The Morgan fingerprint density at radius 1 is 1.43 bits per heavy atom. The number of phosphoric ester groups is 1. The lowest BCUT2D eigenvalue weighted by Gasteiger charge is -2.32. The number of ether oxygens (including phenoxy) is 1. The molecule has 0 bridgehead atoms. The summed E-state index contributed by atoms with van der Waals surface area (Å²) in [6.45, 7) is -2.00. The highest BCUT2D eigenvalue weighted by Gasteiger charge is 2.40. The van der Waals surface area contributed by atoms with Crippen molar-refractivity contribution in [3.05, 3.63) is 33.1 Å². The maximum Gasteiger partial charge on any atom is 0.479 e. The Morgan fingerprint density at radius 3 is 2.50 bits per heavy atom. The highest BCUT2D eigenvalue weighted by molar-refractivity contribution is 7.63. The quantitative estimate of drug-likeness (QED) is 0.210. The van der Waals surface area contributed by atoms with Gasteiger partial charge in [0.15, 0.2) is 11.8 Å². The molecule has 0 spiro atoms. The van der Waals surface area contributed by atoms with E-state index in [0.29, 0.717) is 11.2 Å². The van der Waals surface area contributed by atoms with Gasteiger partial charge in [0.1, 0.15) is 6.61 Å². The van der Waals surface area contributed by atoms with Crippen molar-refractivity contribution in [3.8, 4) is 12.3 Å². The summed E-state index contributed by atoms with van der Waals surface area (Å²) in [6.07, 6.45) is 1.10. The summed E-state index contributed by atoms with van der Waals surface area (Å²) in [7, 11) is -9.61. The fourth-order valence-corrected chi connectivity index (χ4v) is 3.79. The van der Waals surface area contributed by atoms with Gasteiger partial charge in [-0.15, -0.1) is 6.42 Å². The molecule has 0 fully saturated rings. The zero-order valence-electron chi connectivity index (χ0n) is 14.2. The summed E-state index contributed by atoms with van der Waals surface area (Å²) in [4.78, 5) is 42.9. The van der Waals surface area contributed by atoms with Gasteiger partial charge in [-0.05, 0) is 0 Å². The molecule has 0 saturated carbocycles. The molecule has 1 aromatic heterocycles. The average molecular weight is 446 g/mol. The van der Waals surface area contributed by atoms with Crippen molar-refractivity contribution >= 4 is 15.4 Å². The molecule has 0 aliphatic carbocycles. The van der Waals surface area contributed by atoms with E-state index < -0.39 is 58.1 Å². The van der Waals surface area contributed by atoms with Crippen molar-refractivity contribution < 1.29 is 47.1 Å². The second-order valence-corrected chi connectivity index (χ2v) is 8.75. The summed E-state index contributed by atoms with van der Waals surface area (Å²) in [5, 5.41) is 19.5. The molecule has 158 valence electrons. The number of aromatic nitrogens is 2. The van der Waals surface area contributed by atoms with E-state index in [2.05, 4.69) is 8.83 Å². The zero-order valence-corrected chi connectivity index (χ0v) is 16.0. The lowest BCUT2D eigenvalue weighted by molar-refractivity contribution is -0.201. The van der Waals surface area contributed by atoms with Crippen LogP contribution in [-0.2, 0) is 22.7 Å². The summed E-state index contributed by atoms with van der Waals surface area (Å²) >= 11 is 0. The first-order valence-electron chi connectivity index (χ1n) is 7.14. The van der Waals surface area contributed by atoms with Crippen LogP contribution in [0.5, 0.6) is 0 Å². The zero-order chi connectivity index (χ0) is 21.8. The molecule has 1 rings (SSSR count). The molecule has 5 atom stereocenters. The Kier molecular flexibility index (Phi) is 8.04. The maximum absolute atomic E-state index is 14.1. The number of alkyl halides is 1. The topological polar surface area (TPSA) is 198 Å². The van der Waals surface area contributed by atoms with Crippen LogP contribution >= 0.6 is 15.4 Å². The van der Waals surface area contributed by atoms with Gasteiger partial charge in [-0.2, -0.15) is 0 Å². The Bertz CT molecular complexity index is 934. The molecule has 0 radical (unpaired) electrons. The lowest BCUT2D eigenvalue weighted by Crippen LogP contribution is -2.48. The number of rotatable bonds is 10. The molecule has 1 aromatic rings. The third-order valence-electron chi connectivity index (χ3n) is 2.90. The number of halogens is 1. The highest BCUT2D eigenvalue weighted by atomic mass is 31.3. The van der Waals surface area contributed by atoms with Crippen molar-refractivity contribution in [1.29, 1.82) is 0 Å². The predicted molar refractivity (Wildman–Crippen MR) is 89.8 cm³/mol. The number of aliphatic hydroxyl groups is 2. The number of terminal acetylenes is 1. The van der Waals surface area contributed by atoms with Gasteiger partial charge in [0, 0.05) is 18.9 Å². The number of hydrogen-bond acceptors (Lipinski definition) is 9. The van der Waals surface area contributed by atoms with Gasteiger partial charge >= 0.3 is 21.1 Å². The normalized spacial score (nSPS) is 20.2. The van der Waals surface area contributed by atoms with E-state index in [1.54, 1.807) is 10.9 Å². The molecule has 28 heavy (non-hydrogen) atoms. The van der Waals surface area contributed by atoms with Gasteiger partial charge in [-0.25, -0.2) is 18.1 Å². The van der Waals surface area contributed by atoms with Gasteiger partial charge in [0.2, 0.25) is 6.36 Å². The van der Waals surface area contributed by atoms with E-state index in [1.807, 2.05) is 0 Å². The second-order valence-electron chi connectivity index (χ2n) is 5.29. The van der Waals surface area contributed by atoms with E-state index in [9.17, 15) is 38.2 Å². The summed E-state index contributed by atoms with van der Waals surface area (Å²) in [6, 6.07) is 0.811. The minimum Gasteiger partial charge on any atom is -0.392 e. The van der Waals surface area contributed by atoms with Crippen LogP contribution in [0.4, 0.5) is 4.39 Å². The molecule has 0 aromatic carbocycles. The van der Waals surface area contributed by atoms with Crippen LogP contribution in [0.3, 0.4) is 0 Å². The molecular formula is C12H17FN2O11P2. The number of H-pyrrole nitrogens is 1. The van der Waals surface area contributed by atoms with Gasteiger partial charge < -0.3 is 24.7 Å². The first-order chi connectivity index (χ1) is 12.7. The van der Waals surface area contributed by atoms with Crippen LogP contribution in [0.15, 0.2) is 21.9 Å². The average Bonchev–Trinajstić information content (AvgIpc) is 2.56. The van der Waals surface area contributed by atoms with Crippen LogP contribution < -0.4 is 11.2 Å². The second kappa shape index (κ2) is 9.23. The molecule has 0 amide bonds. The minimum absolute atomic E-state index is 0.451. The van der Waals surface area contributed by atoms with Crippen LogP contribution in [0.2, 0.25) is 0 Å². The Morgan fingerprint density at radius 2 is 2.04 bits per heavy atom. The number of aliphatic hydroxyl groups excluding tert-OH is 1. The molecule has 16 heteroatoms. The highest BCUT2D eigenvalue weighted by Crippen LogP contribution is 2.57. The van der Waals surface area contributed by atoms with E-state index in [-0.39, 0.29) is 0 Å². The van der Waals surface area contributed by atoms with Gasteiger partial charge in [0.25, 0.3) is 5.56 Å². The van der Waals surface area contributed by atoms with Crippen molar-refractivity contribution in [2.24, 2.45) is 0 Å². The first-order valence-corrected chi connectivity index (χ1v) is 10.7. The number of hydrogen-bond donors (Lipinski definition) is 5. The fourth-order valence-electron chi connectivity index (χ4n) is 1.76. The van der Waals surface area contributed by atoms with Crippen molar-refractivity contribution in [2.45, 2.75) is 18.2 Å². The monoisotopic (exact) mass is 446 g/mol. The first kappa shape index (κ1) is 24.4. The summed E-state index contributed by atoms with van der Waals surface area (Å²) in [5.74, 6) is 1.70. The SMILES string of the molecule is C#CC(O)(CO)C(OC(F)COP(=O)(O)OP(C)(=O)O)n1ccc(=O)[nH]c1=O. The molecule has 1 heterocycles. The van der Waals surface area contributed by atoms with E-state index >= 15 is 0 Å². The smallest absolute Gasteiger partial charge is 0.392 e. The maximum atomic E-state index is 14.1. The molecule has 0 aliphatic heterocycles. The molecule has 5 N–H and O–H groups in total. The van der Waals surface area contributed by atoms with Crippen LogP contribution in [-0.4, -0.2) is 61.4 Å². The largest absolute Gasteiger partial charge is 0.479 e. The molecular weight excluding hydrogens is 429 g/mol. The standard InChI is InChI=1S/C12H17FN2O11P2/c1-3-12(19,7-16)10(15-5-4-9(17)14-11(15)18)25-8(13)6-24-28(22,23)26-27(2,20)21/h1,4-5,8,10,16,19H,6-7H2,2H3,(H,20,21)(H,22,23)(H,14,17,18). The van der Waals surface area contributed by atoms with Crippen molar-refractivity contribution in [1.82, 2.24) is 9.55 Å². The Hall–Kier alpha value is -1.65. The summed E-state index contributed by atoms with van der Waals surface area (Å²) < 4.78 is 49.7. The van der Waals surface area contributed by atoms with E-state index in [4.69, 9.17) is 16.1 Å². The van der Waals surface area contributed by atoms with E-state index in [1.165, 1.54) is 0 Å². The van der Waals surface area contributed by atoms with Crippen LogP contribution in [0.25, 0.3) is 0 Å². The van der Waals surface area contributed by atoms with Gasteiger partial charge in [-0.1, -0.05) is 5.92 Å². The number of phosphoric acid groups is 1. The molecule has 13 nitrogen and oxygen atoms in total. The molecule has 5 unspecified atom stereocenters. The predicted octanol–water partition coefficient (Wildman–Crippen LogP) is -1.35. The number of aromatic amines is 1. The Balaban J connectivity index is 3.06. The van der Waals surface area contributed by atoms with Gasteiger partial charge in [0.05, 0.1) is 6.61 Å². The number of nitrogens with zero attached hydrogens (tertiary/aromatic N) is 1. The molecule has 0 aliphatic rings. The van der Waals surface area contributed by atoms with Crippen molar-refractivity contribution in [3.63, 3.8) is 0 Å². The Labute approximate surface area is 156 Å². The molecule has 0 saturated heterocycles. The lowest BCUT2D eigenvalue weighted by atomic mass is 10.0. The third kappa shape index (κ3) is 7.06. The number of nitrogens with one attached hydrogen (secondary N) is 1. The van der Waals surface area contributed by atoms with Crippen molar-refractivity contribution in [2.75, 3.05) is 19.9 Å². The van der Waals surface area contributed by atoms with Gasteiger partial charge in [-0.3, -0.25) is 23.4 Å². The van der Waals surface area contributed by atoms with Crippen LogP contribution in [0, 0.1) is 12.3 Å². The van der Waals surface area contributed by atoms with Crippen LogP contribution in [0.1, 0.15) is 6.23 Å². The minimum atomic E-state index is -5.16. The third-order valence-corrected chi connectivity index (χ3v) is 5.42.